The number of rotatable bonds is 6. The summed E-state index contributed by atoms with van der Waals surface area (Å²) < 4.78 is 98.3. The predicted octanol–water partition coefficient (Wildman–Crippen LogP) is 6.20. The number of hydrogen-bond acceptors (Lipinski definition) is 6. The second-order valence-electron chi connectivity index (χ2n) is 8.39. The summed E-state index contributed by atoms with van der Waals surface area (Å²) >= 11 is 0. The lowest BCUT2D eigenvalue weighted by Crippen LogP contribution is -2.21. The first kappa shape index (κ1) is 25.3. The van der Waals surface area contributed by atoms with Gasteiger partial charge in [0.2, 0.25) is 5.95 Å². The highest BCUT2D eigenvalue weighted by Crippen LogP contribution is 2.40. The van der Waals surface area contributed by atoms with E-state index < -0.39 is 29.0 Å². The van der Waals surface area contributed by atoms with Crippen LogP contribution in [0.2, 0.25) is 0 Å². The van der Waals surface area contributed by atoms with E-state index in [-0.39, 0.29) is 43.0 Å². The van der Waals surface area contributed by atoms with Gasteiger partial charge in [0, 0.05) is 23.7 Å². The fraction of sp³-hybridized carbons (Fsp3) is 0.208. The molecule has 0 atom stereocenters. The number of nitrogens with zero attached hydrogens (tertiary/aromatic N) is 4. The van der Waals surface area contributed by atoms with Crippen molar-refractivity contribution in [1.82, 2.24) is 20.1 Å². The summed E-state index contributed by atoms with van der Waals surface area (Å²) in [6.07, 6.45) is -8.48. The van der Waals surface area contributed by atoms with Crippen LogP contribution in [0.15, 0.2) is 58.2 Å². The summed E-state index contributed by atoms with van der Waals surface area (Å²) in [4.78, 5) is 7.45. The van der Waals surface area contributed by atoms with Crippen LogP contribution in [0, 0.1) is 5.82 Å². The van der Waals surface area contributed by atoms with Gasteiger partial charge in [0.15, 0.2) is 5.76 Å². The highest BCUT2D eigenvalue weighted by Gasteiger charge is 2.39. The lowest BCUT2D eigenvalue weighted by atomic mass is 10.0. The molecule has 1 aliphatic heterocycles. The molecule has 4 aromatic rings. The van der Waals surface area contributed by atoms with Gasteiger partial charge in [-0.3, -0.25) is 5.01 Å². The average Bonchev–Trinajstić information content (AvgIpc) is 3.48. The van der Waals surface area contributed by atoms with Crippen molar-refractivity contribution in [2.75, 3.05) is 5.32 Å². The number of alkyl halides is 6. The van der Waals surface area contributed by atoms with Crippen LogP contribution in [0.25, 0.3) is 11.3 Å². The Hall–Kier alpha value is -4.36. The number of benzene rings is 2. The number of fused-ring (bicyclic) bond motifs is 1. The maximum Gasteiger partial charge on any atom is 0.417 e. The number of aromatic nitrogens is 3. The molecule has 5 rings (SSSR count). The molecule has 38 heavy (non-hydrogen) atoms. The van der Waals surface area contributed by atoms with E-state index in [1.54, 1.807) is 18.2 Å². The van der Waals surface area contributed by atoms with Gasteiger partial charge in [0.05, 0.1) is 41.8 Å². The van der Waals surface area contributed by atoms with E-state index >= 15 is 0 Å². The molecule has 0 spiro atoms. The van der Waals surface area contributed by atoms with Gasteiger partial charge in [-0.1, -0.05) is 29.4 Å². The molecule has 0 bridgehead atoms. The third kappa shape index (κ3) is 5.33. The highest BCUT2D eigenvalue weighted by atomic mass is 19.4. The Morgan fingerprint density at radius 3 is 2.53 bits per heavy atom. The summed E-state index contributed by atoms with van der Waals surface area (Å²) in [5.41, 5.74) is -2.00. The third-order valence-electron chi connectivity index (χ3n) is 5.72. The Kier molecular flexibility index (Phi) is 6.33. The zero-order chi connectivity index (χ0) is 27.1. The Morgan fingerprint density at radius 2 is 1.79 bits per heavy atom. The van der Waals surface area contributed by atoms with E-state index in [1.807, 2.05) is 0 Å². The highest BCUT2D eigenvalue weighted by molar-refractivity contribution is 5.80. The van der Waals surface area contributed by atoms with Crippen molar-refractivity contribution in [2.45, 2.75) is 32.0 Å². The quantitative estimate of drug-likeness (QED) is 0.286. The second kappa shape index (κ2) is 9.50. The number of aromatic amines is 1. The van der Waals surface area contributed by atoms with E-state index in [1.165, 1.54) is 23.4 Å². The van der Waals surface area contributed by atoms with Gasteiger partial charge in [-0.05, 0) is 18.2 Å². The molecule has 0 amide bonds. The summed E-state index contributed by atoms with van der Waals surface area (Å²) in [6, 6.07) is 8.85. The molecule has 0 radical (unpaired) electrons. The van der Waals surface area contributed by atoms with E-state index in [0.717, 1.165) is 6.07 Å². The first-order chi connectivity index (χ1) is 18.0. The minimum Gasteiger partial charge on any atom is -0.359 e. The van der Waals surface area contributed by atoms with Gasteiger partial charge in [-0.2, -0.15) is 31.4 Å². The predicted molar refractivity (Wildman–Crippen MR) is 121 cm³/mol. The molecule has 1 aliphatic rings. The van der Waals surface area contributed by atoms with Crippen LogP contribution in [0.1, 0.15) is 33.8 Å². The van der Waals surface area contributed by atoms with Gasteiger partial charge in [-0.25, -0.2) is 9.37 Å². The van der Waals surface area contributed by atoms with Gasteiger partial charge < -0.3 is 14.8 Å². The maximum atomic E-state index is 13.8. The van der Waals surface area contributed by atoms with E-state index in [2.05, 4.69) is 25.5 Å². The topological polar surface area (TPSA) is 82.3 Å². The molecule has 198 valence electrons. The van der Waals surface area contributed by atoms with Gasteiger partial charge in [0.25, 0.3) is 0 Å². The lowest BCUT2D eigenvalue weighted by molar-refractivity contribution is -0.142. The van der Waals surface area contributed by atoms with Crippen LogP contribution in [-0.2, 0) is 32.0 Å². The minimum atomic E-state index is -5.04. The van der Waals surface area contributed by atoms with E-state index in [4.69, 9.17) is 4.52 Å². The van der Waals surface area contributed by atoms with Crippen LogP contribution >= 0.6 is 0 Å². The maximum absolute atomic E-state index is 13.8. The van der Waals surface area contributed by atoms with Gasteiger partial charge in [-0.15, -0.1) is 0 Å². The number of hydrogen-bond donors (Lipinski definition) is 2. The van der Waals surface area contributed by atoms with Crippen molar-refractivity contribution < 1.29 is 35.3 Å². The van der Waals surface area contributed by atoms with Crippen LogP contribution < -0.4 is 5.32 Å². The fourth-order valence-electron chi connectivity index (χ4n) is 3.88. The first-order valence-corrected chi connectivity index (χ1v) is 11.1. The molecular formula is C24H17F7N6O. The molecule has 0 unspecified atom stereocenters. The molecular weight excluding hydrogens is 521 g/mol. The van der Waals surface area contributed by atoms with Crippen molar-refractivity contribution in [3.05, 3.63) is 88.2 Å². The summed E-state index contributed by atoms with van der Waals surface area (Å²) in [6.45, 7) is 0.425. The molecule has 3 heterocycles. The van der Waals surface area contributed by atoms with Crippen molar-refractivity contribution in [3.63, 3.8) is 0 Å². The fourth-order valence-corrected chi connectivity index (χ4v) is 3.88. The van der Waals surface area contributed by atoms with Crippen LogP contribution in [0.4, 0.5) is 36.7 Å². The average molecular weight is 538 g/mol. The van der Waals surface area contributed by atoms with Crippen molar-refractivity contribution in [1.29, 1.82) is 0 Å². The van der Waals surface area contributed by atoms with Gasteiger partial charge in [0.1, 0.15) is 11.5 Å². The zero-order valence-electron chi connectivity index (χ0n) is 19.2. The third-order valence-corrected chi connectivity index (χ3v) is 5.72. The molecule has 0 saturated heterocycles. The Bertz CT molecular complexity index is 1490. The number of anilines is 1. The van der Waals surface area contributed by atoms with Crippen molar-refractivity contribution in [2.24, 2.45) is 5.10 Å². The smallest absolute Gasteiger partial charge is 0.359 e. The Balaban J connectivity index is 1.28. The first-order valence-electron chi connectivity index (χ1n) is 11.1. The van der Waals surface area contributed by atoms with Crippen molar-refractivity contribution >= 4 is 12.2 Å². The number of hydrazone groups is 1. The Morgan fingerprint density at radius 1 is 1.00 bits per heavy atom. The number of halogens is 7. The molecule has 2 aromatic heterocycles. The van der Waals surface area contributed by atoms with Crippen molar-refractivity contribution in [3.8, 4) is 11.3 Å². The molecule has 0 fully saturated rings. The molecule has 7 nitrogen and oxygen atoms in total. The number of H-pyrrole nitrogens is 1. The van der Waals surface area contributed by atoms with Gasteiger partial charge >= 0.3 is 12.4 Å². The SMILES string of the molecule is Fc1ccccc1CNc1nc2c([nH]1)C=NN(Cc1cc(-c3ccc(C(F)(F)F)cc3C(F)(F)F)no1)C2. The summed E-state index contributed by atoms with van der Waals surface area (Å²) in [5.74, 6) is 0.187. The molecule has 2 N–H and O–H groups in total. The second-order valence-corrected chi connectivity index (χ2v) is 8.39. The minimum absolute atomic E-state index is 0.00970. The standard InChI is InChI=1S/C24H17F7N6O/c25-18-4-2-1-3-13(18)9-32-22-34-20-10-33-37(12-21(20)35-22)11-15-8-19(36-38-15)16-6-5-14(23(26,27)28)7-17(16)24(29,30)31/h1-8,10H,9,11-12H2,(H2,32,34,35). The number of nitrogens with one attached hydrogen (secondary N) is 2. The zero-order valence-corrected chi connectivity index (χ0v) is 19.2. The van der Waals surface area contributed by atoms with E-state index in [9.17, 15) is 30.7 Å². The molecule has 0 saturated carbocycles. The number of imidazole rings is 1. The van der Waals surface area contributed by atoms with E-state index in [0.29, 0.717) is 29.0 Å². The normalized spacial score (nSPS) is 13.6. The van der Waals surface area contributed by atoms with Crippen LogP contribution in [-0.4, -0.2) is 26.3 Å². The molecule has 2 aromatic carbocycles. The Labute approximate surface area is 210 Å². The lowest BCUT2D eigenvalue weighted by Gasteiger charge is -2.19. The summed E-state index contributed by atoms with van der Waals surface area (Å²) in [7, 11) is 0. The molecule has 14 heteroatoms. The van der Waals surface area contributed by atoms with Crippen LogP contribution in [0.5, 0.6) is 0 Å². The largest absolute Gasteiger partial charge is 0.417 e. The monoisotopic (exact) mass is 538 g/mol. The van der Waals surface area contributed by atoms with Crippen LogP contribution in [0.3, 0.4) is 0 Å². The summed E-state index contributed by atoms with van der Waals surface area (Å²) in [5, 5.41) is 12.4. The molecule has 0 aliphatic carbocycles.